The van der Waals surface area contributed by atoms with Crippen molar-refractivity contribution in [2.24, 2.45) is 0 Å². The lowest BCUT2D eigenvalue weighted by molar-refractivity contribution is 0.0954. The van der Waals surface area contributed by atoms with Crippen LogP contribution in [0.4, 0.5) is 0 Å². The molecule has 4 aromatic rings. The van der Waals surface area contributed by atoms with Gasteiger partial charge in [-0.3, -0.25) is 4.79 Å². The van der Waals surface area contributed by atoms with Crippen molar-refractivity contribution in [1.82, 2.24) is 10.3 Å². The minimum absolute atomic E-state index is 0.0190. The van der Waals surface area contributed by atoms with Crippen LogP contribution in [0.15, 0.2) is 66.7 Å². The molecule has 1 N–H and O–H groups in total. The Balaban J connectivity index is 1.43. The van der Waals surface area contributed by atoms with Crippen LogP contribution in [0.25, 0.3) is 22.2 Å². The fourth-order valence-corrected chi connectivity index (χ4v) is 5.22. The SMILES string of the molecule is CCC(C)(C)c1ccc(OCCCCNC(=O)c2cc(-c3ccc(OC)cc3OC)nc3ccccc23)c(C(C)(C)CC)c1. The number of amides is 1. The Morgan fingerprint density at radius 3 is 2.27 bits per heavy atom. The first-order valence-corrected chi connectivity index (χ1v) is 15.7. The number of carbonyl (C=O) groups is 1. The van der Waals surface area contributed by atoms with Crippen molar-refractivity contribution in [2.75, 3.05) is 27.4 Å². The number of aromatic nitrogens is 1. The van der Waals surface area contributed by atoms with E-state index >= 15 is 0 Å². The van der Waals surface area contributed by atoms with E-state index in [2.05, 4.69) is 65.1 Å². The molecule has 234 valence electrons. The third-order valence-corrected chi connectivity index (χ3v) is 9.02. The summed E-state index contributed by atoms with van der Waals surface area (Å²) in [6.07, 6.45) is 3.75. The van der Waals surface area contributed by atoms with Crippen molar-refractivity contribution < 1.29 is 19.0 Å². The Morgan fingerprint density at radius 2 is 1.57 bits per heavy atom. The molecule has 4 rings (SSSR count). The van der Waals surface area contributed by atoms with E-state index in [9.17, 15) is 4.79 Å². The zero-order valence-corrected chi connectivity index (χ0v) is 27.7. The lowest BCUT2D eigenvalue weighted by atomic mass is 9.76. The van der Waals surface area contributed by atoms with Gasteiger partial charge in [0.15, 0.2) is 0 Å². The van der Waals surface area contributed by atoms with Gasteiger partial charge in [0.1, 0.15) is 17.2 Å². The lowest BCUT2D eigenvalue weighted by Crippen LogP contribution is -2.25. The zero-order chi connectivity index (χ0) is 31.9. The lowest BCUT2D eigenvalue weighted by Gasteiger charge is -2.30. The molecule has 0 bridgehead atoms. The molecule has 0 radical (unpaired) electrons. The Morgan fingerprint density at radius 1 is 0.818 bits per heavy atom. The Labute approximate surface area is 263 Å². The number of hydrogen-bond donors (Lipinski definition) is 1. The number of nitrogens with zero attached hydrogens (tertiary/aromatic N) is 1. The summed E-state index contributed by atoms with van der Waals surface area (Å²) in [7, 11) is 3.23. The summed E-state index contributed by atoms with van der Waals surface area (Å²) >= 11 is 0. The molecule has 1 amide bonds. The topological polar surface area (TPSA) is 69.7 Å². The van der Waals surface area contributed by atoms with Crippen LogP contribution in [0.1, 0.15) is 88.7 Å². The van der Waals surface area contributed by atoms with Crippen LogP contribution in [-0.4, -0.2) is 38.3 Å². The molecule has 0 atom stereocenters. The standard InChI is InChI=1S/C38H48N2O4/c1-9-37(3,4)26-17-20-34(31(23-26)38(5,6)10-2)44-22-14-13-21-39-36(41)30-25-33(40-32-16-12-11-15-28(30)32)29-19-18-27(42-7)24-35(29)43-8/h11-12,15-20,23-25H,9-10,13-14,21-22H2,1-8H3,(H,39,41). The summed E-state index contributed by atoms with van der Waals surface area (Å²) in [5.41, 5.74) is 5.55. The molecular weight excluding hydrogens is 548 g/mol. The van der Waals surface area contributed by atoms with Crippen LogP contribution in [0.3, 0.4) is 0 Å². The molecule has 0 aliphatic carbocycles. The highest BCUT2D eigenvalue weighted by Crippen LogP contribution is 2.39. The Kier molecular flexibility index (Phi) is 10.6. The smallest absolute Gasteiger partial charge is 0.252 e. The molecular formula is C38H48N2O4. The molecule has 3 aromatic carbocycles. The minimum atomic E-state index is -0.126. The number of hydrogen-bond acceptors (Lipinski definition) is 5. The average molecular weight is 597 g/mol. The number of pyridine rings is 1. The van der Waals surface area contributed by atoms with Crippen molar-refractivity contribution in [3.05, 3.63) is 83.4 Å². The van der Waals surface area contributed by atoms with Gasteiger partial charge in [-0.25, -0.2) is 4.98 Å². The maximum Gasteiger partial charge on any atom is 0.252 e. The van der Waals surface area contributed by atoms with Gasteiger partial charge in [0, 0.05) is 29.1 Å². The van der Waals surface area contributed by atoms with Gasteiger partial charge in [0.05, 0.1) is 37.6 Å². The van der Waals surface area contributed by atoms with Gasteiger partial charge in [-0.1, -0.05) is 71.9 Å². The number of methoxy groups -OCH3 is 2. The van der Waals surface area contributed by atoms with Crippen molar-refractivity contribution >= 4 is 16.8 Å². The largest absolute Gasteiger partial charge is 0.497 e. The fourth-order valence-electron chi connectivity index (χ4n) is 5.22. The highest BCUT2D eigenvalue weighted by atomic mass is 16.5. The van der Waals surface area contributed by atoms with Crippen LogP contribution in [0.5, 0.6) is 17.2 Å². The van der Waals surface area contributed by atoms with E-state index in [-0.39, 0.29) is 16.7 Å². The first-order valence-electron chi connectivity index (χ1n) is 15.7. The summed E-state index contributed by atoms with van der Waals surface area (Å²) in [6.45, 7) is 14.8. The third kappa shape index (κ3) is 7.35. The van der Waals surface area contributed by atoms with Crippen LogP contribution < -0.4 is 19.5 Å². The number of nitrogens with one attached hydrogen (secondary N) is 1. The van der Waals surface area contributed by atoms with Crippen LogP contribution in [0, 0.1) is 0 Å². The second-order valence-electron chi connectivity index (χ2n) is 12.6. The summed E-state index contributed by atoms with van der Waals surface area (Å²) < 4.78 is 17.3. The van der Waals surface area contributed by atoms with E-state index in [0.29, 0.717) is 35.9 Å². The van der Waals surface area contributed by atoms with Gasteiger partial charge < -0.3 is 19.5 Å². The van der Waals surface area contributed by atoms with Gasteiger partial charge in [-0.15, -0.1) is 0 Å². The molecule has 6 heteroatoms. The molecule has 0 saturated carbocycles. The average Bonchev–Trinajstić information content (AvgIpc) is 3.05. The quantitative estimate of drug-likeness (QED) is 0.147. The molecule has 0 fully saturated rings. The minimum Gasteiger partial charge on any atom is -0.497 e. The normalized spacial score (nSPS) is 11.8. The number of rotatable bonds is 14. The second-order valence-corrected chi connectivity index (χ2v) is 12.6. The number of ether oxygens (including phenoxy) is 3. The van der Waals surface area contributed by atoms with Gasteiger partial charge >= 0.3 is 0 Å². The highest BCUT2D eigenvalue weighted by molar-refractivity contribution is 6.07. The summed E-state index contributed by atoms with van der Waals surface area (Å²) in [4.78, 5) is 18.3. The molecule has 1 aromatic heterocycles. The van der Waals surface area contributed by atoms with Gasteiger partial charge in [-0.05, 0) is 72.4 Å². The predicted molar refractivity (Wildman–Crippen MR) is 180 cm³/mol. The van der Waals surface area contributed by atoms with E-state index in [1.807, 2.05) is 48.5 Å². The van der Waals surface area contributed by atoms with E-state index in [0.717, 1.165) is 47.9 Å². The number of carbonyl (C=O) groups excluding carboxylic acids is 1. The number of unbranched alkanes of at least 4 members (excludes halogenated alkanes) is 1. The van der Waals surface area contributed by atoms with Crippen molar-refractivity contribution in [3.8, 4) is 28.5 Å². The molecule has 0 spiro atoms. The third-order valence-electron chi connectivity index (χ3n) is 9.02. The summed E-state index contributed by atoms with van der Waals surface area (Å²) in [6, 6.07) is 21.8. The number of benzene rings is 3. The molecule has 6 nitrogen and oxygen atoms in total. The first-order chi connectivity index (χ1) is 21.0. The zero-order valence-electron chi connectivity index (χ0n) is 27.7. The molecule has 44 heavy (non-hydrogen) atoms. The molecule has 0 unspecified atom stereocenters. The van der Waals surface area contributed by atoms with E-state index < -0.39 is 0 Å². The van der Waals surface area contributed by atoms with Gasteiger partial charge in [-0.2, -0.15) is 0 Å². The Hall–Kier alpha value is -4.06. The van der Waals surface area contributed by atoms with Crippen LogP contribution in [0.2, 0.25) is 0 Å². The fraction of sp³-hybridized carbons (Fsp3) is 0.421. The molecule has 1 heterocycles. The predicted octanol–water partition coefficient (Wildman–Crippen LogP) is 8.88. The highest BCUT2D eigenvalue weighted by Gasteiger charge is 2.26. The van der Waals surface area contributed by atoms with E-state index in [1.165, 1.54) is 11.1 Å². The monoisotopic (exact) mass is 596 g/mol. The van der Waals surface area contributed by atoms with E-state index in [4.69, 9.17) is 19.2 Å². The number of para-hydroxylation sites is 1. The Bertz CT molecular complexity index is 1590. The van der Waals surface area contributed by atoms with Crippen molar-refractivity contribution in [3.63, 3.8) is 0 Å². The number of fused-ring (bicyclic) bond motifs is 1. The molecule has 0 aliphatic rings. The van der Waals surface area contributed by atoms with Gasteiger partial charge in [0.25, 0.3) is 5.91 Å². The maximum atomic E-state index is 13.5. The van der Waals surface area contributed by atoms with Crippen molar-refractivity contribution in [2.45, 2.75) is 78.1 Å². The van der Waals surface area contributed by atoms with E-state index in [1.54, 1.807) is 14.2 Å². The molecule has 0 saturated heterocycles. The first kappa shape index (κ1) is 32.8. The summed E-state index contributed by atoms with van der Waals surface area (Å²) in [5.74, 6) is 2.16. The summed E-state index contributed by atoms with van der Waals surface area (Å²) in [5, 5.41) is 3.93. The molecule has 0 aliphatic heterocycles. The second kappa shape index (κ2) is 14.1. The van der Waals surface area contributed by atoms with Crippen molar-refractivity contribution in [1.29, 1.82) is 0 Å². The van der Waals surface area contributed by atoms with Crippen LogP contribution in [-0.2, 0) is 10.8 Å². The van der Waals surface area contributed by atoms with Gasteiger partial charge in [0.2, 0.25) is 0 Å². The maximum absolute atomic E-state index is 13.5. The van der Waals surface area contributed by atoms with Crippen LogP contribution >= 0.6 is 0 Å².